The van der Waals surface area contributed by atoms with E-state index in [-0.39, 0.29) is 28.5 Å². The predicted octanol–water partition coefficient (Wildman–Crippen LogP) is 3.17. The van der Waals surface area contributed by atoms with Crippen LogP contribution in [0.3, 0.4) is 0 Å². The first-order valence-electron chi connectivity index (χ1n) is 8.99. The number of nitro benzene ring substituents is 2. The van der Waals surface area contributed by atoms with Gasteiger partial charge in [-0.3, -0.25) is 20.2 Å². The smallest absolute Gasteiger partial charge is 0.302 e. The molecule has 148 valence electrons. The monoisotopic (exact) mass is 386 g/mol. The van der Waals surface area contributed by atoms with Crippen LogP contribution in [0.2, 0.25) is 0 Å². The molecule has 0 saturated carbocycles. The first-order valence-corrected chi connectivity index (χ1v) is 8.99. The molecule has 2 N–H and O–H groups in total. The Kier molecular flexibility index (Phi) is 5.46. The van der Waals surface area contributed by atoms with Crippen molar-refractivity contribution in [1.82, 2.24) is 0 Å². The number of rotatable bonds is 7. The first-order chi connectivity index (χ1) is 13.3. The van der Waals surface area contributed by atoms with Crippen molar-refractivity contribution in [3.05, 3.63) is 67.3 Å². The Morgan fingerprint density at radius 1 is 1.25 bits per heavy atom. The summed E-state index contributed by atoms with van der Waals surface area (Å²) < 4.78 is 0. The highest BCUT2D eigenvalue weighted by Crippen LogP contribution is 2.39. The van der Waals surface area contributed by atoms with Crippen molar-refractivity contribution in [3.63, 3.8) is 0 Å². The van der Waals surface area contributed by atoms with E-state index in [0.717, 1.165) is 12.1 Å². The summed E-state index contributed by atoms with van der Waals surface area (Å²) in [5.74, 6) is 0. The minimum atomic E-state index is -0.665. The molecular formula is C19H22N4O5. The molecule has 0 bridgehead atoms. The third kappa shape index (κ3) is 3.48. The van der Waals surface area contributed by atoms with E-state index in [0.29, 0.717) is 13.1 Å². The van der Waals surface area contributed by atoms with E-state index in [4.69, 9.17) is 0 Å². The van der Waals surface area contributed by atoms with Crippen molar-refractivity contribution in [1.29, 1.82) is 0 Å². The molecule has 2 aromatic rings. The summed E-state index contributed by atoms with van der Waals surface area (Å²) in [5, 5.41) is 35.3. The van der Waals surface area contributed by atoms with Crippen molar-refractivity contribution < 1.29 is 15.0 Å². The van der Waals surface area contributed by atoms with Crippen molar-refractivity contribution in [2.45, 2.75) is 32.9 Å². The molecule has 3 rings (SSSR count). The zero-order valence-corrected chi connectivity index (χ0v) is 15.7. The van der Waals surface area contributed by atoms with Crippen LogP contribution in [0.1, 0.15) is 23.6 Å². The van der Waals surface area contributed by atoms with E-state index in [1.807, 2.05) is 18.2 Å². The molecule has 9 heteroatoms. The van der Waals surface area contributed by atoms with Crippen LogP contribution in [-0.2, 0) is 13.0 Å². The van der Waals surface area contributed by atoms with Gasteiger partial charge in [-0.2, -0.15) is 0 Å². The lowest BCUT2D eigenvalue weighted by Crippen LogP contribution is -2.33. The second kappa shape index (κ2) is 7.81. The van der Waals surface area contributed by atoms with Crippen LogP contribution in [0.5, 0.6) is 0 Å². The summed E-state index contributed by atoms with van der Waals surface area (Å²) in [6.07, 6.45) is 0.917. The molecule has 0 aliphatic carbocycles. The summed E-state index contributed by atoms with van der Waals surface area (Å²) in [6, 6.07) is 9.53. The maximum absolute atomic E-state index is 11.6. The molecule has 0 amide bonds. The topological polar surface area (TPSA) is 122 Å². The molecule has 0 spiro atoms. The number of para-hydroxylation sites is 1. The zero-order valence-electron chi connectivity index (χ0n) is 15.7. The van der Waals surface area contributed by atoms with Crippen LogP contribution < -0.4 is 10.2 Å². The van der Waals surface area contributed by atoms with Gasteiger partial charge in [-0.1, -0.05) is 18.2 Å². The number of nitrogens with one attached hydrogen (secondary N) is 1. The molecule has 0 aromatic heterocycles. The first kappa shape index (κ1) is 19.6. The summed E-state index contributed by atoms with van der Waals surface area (Å²) in [7, 11) is 0. The number of fused-ring (bicyclic) bond motifs is 1. The minimum Gasteiger partial charge on any atom is -0.392 e. The maximum Gasteiger partial charge on any atom is 0.302 e. The minimum absolute atomic E-state index is 0.121. The molecule has 1 aliphatic rings. The van der Waals surface area contributed by atoms with E-state index in [9.17, 15) is 25.3 Å². The number of aliphatic hydroxyl groups is 1. The molecule has 9 nitrogen and oxygen atoms in total. The number of benzene rings is 2. The molecule has 1 aliphatic heterocycles. The zero-order chi connectivity index (χ0) is 20.4. The molecule has 1 atom stereocenters. The van der Waals surface area contributed by atoms with Crippen LogP contribution >= 0.6 is 0 Å². The molecule has 0 radical (unpaired) electrons. The van der Waals surface area contributed by atoms with Crippen LogP contribution in [0, 0.1) is 27.2 Å². The van der Waals surface area contributed by atoms with Crippen LogP contribution in [0.25, 0.3) is 0 Å². The van der Waals surface area contributed by atoms with Crippen LogP contribution in [-0.4, -0.2) is 34.1 Å². The fourth-order valence-electron chi connectivity index (χ4n) is 3.79. The lowest BCUT2D eigenvalue weighted by molar-refractivity contribution is -0.392. The molecule has 0 saturated heterocycles. The summed E-state index contributed by atoms with van der Waals surface area (Å²) in [5.41, 5.74) is 1.86. The van der Waals surface area contributed by atoms with E-state index >= 15 is 0 Å². The maximum atomic E-state index is 11.6. The molecule has 0 fully saturated rings. The number of hydrogen-bond donors (Lipinski definition) is 2. The number of hydrogen-bond acceptors (Lipinski definition) is 7. The molecule has 1 heterocycles. The third-order valence-electron chi connectivity index (χ3n) is 5.19. The predicted molar refractivity (Wildman–Crippen MR) is 106 cm³/mol. The van der Waals surface area contributed by atoms with E-state index < -0.39 is 22.1 Å². The Hall–Kier alpha value is -3.20. The van der Waals surface area contributed by atoms with Gasteiger partial charge in [0.2, 0.25) is 0 Å². The standard InChI is InChI=1S/C19H22N4O5/c1-12-9-14-5-3-4-6-16(14)21(12)8-7-20-18-17(22(25)26)10-15(11-24)13(2)19(18)23(27)28/h3-6,10,12,20,24H,7-9,11H2,1-2H3. The lowest BCUT2D eigenvalue weighted by atomic mass is 10.0. The van der Waals surface area contributed by atoms with Crippen molar-refractivity contribution in [2.75, 3.05) is 23.3 Å². The third-order valence-corrected chi connectivity index (χ3v) is 5.19. The fourth-order valence-corrected chi connectivity index (χ4v) is 3.79. The summed E-state index contributed by atoms with van der Waals surface area (Å²) >= 11 is 0. The Balaban J connectivity index is 1.87. The van der Waals surface area contributed by atoms with Gasteiger partial charge in [0.25, 0.3) is 5.69 Å². The van der Waals surface area contributed by atoms with E-state index in [1.54, 1.807) is 0 Å². The van der Waals surface area contributed by atoms with Crippen molar-refractivity contribution >= 4 is 22.7 Å². The quantitative estimate of drug-likeness (QED) is 0.553. The van der Waals surface area contributed by atoms with Gasteiger partial charge in [-0.05, 0) is 37.5 Å². The lowest BCUT2D eigenvalue weighted by Gasteiger charge is -2.25. The molecule has 28 heavy (non-hydrogen) atoms. The van der Waals surface area contributed by atoms with Crippen LogP contribution in [0.15, 0.2) is 30.3 Å². The largest absolute Gasteiger partial charge is 0.392 e. The van der Waals surface area contributed by atoms with Crippen molar-refractivity contribution in [3.8, 4) is 0 Å². The van der Waals surface area contributed by atoms with Gasteiger partial charge >= 0.3 is 5.69 Å². The number of anilines is 2. The molecule has 1 unspecified atom stereocenters. The van der Waals surface area contributed by atoms with Crippen LogP contribution in [0.4, 0.5) is 22.7 Å². The van der Waals surface area contributed by atoms with E-state index in [2.05, 4.69) is 23.2 Å². The summed E-state index contributed by atoms with van der Waals surface area (Å²) in [4.78, 5) is 23.9. The Morgan fingerprint density at radius 2 is 1.96 bits per heavy atom. The number of aliphatic hydroxyl groups excluding tert-OH is 1. The van der Waals surface area contributed by atoms with E-state index in [1.165, 1.54) is 18.6 Å². The van der Waals surface area contributed by atoms with Gasteiger partial charge in [-0.15, -0.1) is 0 Å². The average molecular weight is 386 g/mol. The number of nitro groups is 2. The van der Waals surface area contributed by atoms with Gasteiger partial charge in [-0.25, -0.2) is 0 Å². The molecular weight excluding hydrogens is 364 g/mol. The fraction of sp³-hybridized carbons (Fsp3) is 0.368. The average Bonchev–Trinajstić information content (AvgIpc) is 2.96. The Morgan fingerprint density at radius 3 is 2.61 bits per heavy atom. The Labute approximate surface area is 161 Å². The van der Waals surface area contributed by atoms with Gasteiger partial charge in [0.05, 0.1) is 16.5 Å². The SMILES string of the molecule is Cc1c(CO)cc([N+](=O)[O-])c(NCCN2c3ccccc3CC2C)c1[N+](=O)[O-]. The second-order valence-corrected chi connectivity index (χ2v) is 6.88. The highest BCUT2D eigenvalue weighted by molar-refractivity contribution is 5.77. The Bertz CT molecular complexity index is 931. The van der Waals surface area contributed by atoms with Crippen molar-refractivity contribution in [2.24, 2.45) is 0 Å². The highest BCUT2D eigenvalue weighted by atomic mass is 16.6. The normalized spacial score (nSPS) is 15.4. The number of nitrogens with zero attached hydrogens (tertiary/aromatic N) is 3. The van der Waals surface area contributed by atoms with Gasteiger partial charge in [0.15, 0.2) is 5.69 Å². The second-order valence-electron chi connectivity index (χ2n) is 6.88. The summed E-state index contributed by atoms with van der Waals surface area (Å²) in [6.45, 7) is 3.93. The molecule has 2 aromatic carbocycles. The highest BCUT2D eigenvalue weighted by Gasteiger charge is 2.31. The van der Waals surface area contributed by atoms with Gasteiger partial charge < -0.3 is 15.3 Å². The van der Waals surface area contributed by atoms with Gasteiger partial charge in [0.1, 0.15) is 0 Å². The van der Waals surface area contributed by atoms with Gasteiger partial charge in [0, 0.05) is 36.4 Å².